The van der Waals surface area contributed by atoms with Crippen molar-refractivity contribution in [3.63, 3.8) is 0 Å². The summed E-state index contributed by atoms with van der Waals surface area (Å²) in [7, 11) is 0. The van der Waals surface area contributed by atoms with Crippen LogP contribution in [-0.4, -0.2) is 11.4 Å². The lowest BCUT2D eigenvalue weighted by molar-refractivity contribution is 0.306. The van der Waals surface area contributed by atoms with Crippen LogP contribution in [0, 0.1) is 17.3 Å². The van der Waals surface area contributed by atoms with Crippen molar-refractivity contribution < 1.29 is 9.13 Å². The predicted octanol–water partition coefficient (Wildman–Crippen LogP) is 3.83. The summed E-state index contributed by atoms with van der Waals surface area (Å²) in [6.07, 6.45) is 3.67. The van der Waals surface area contributed by atoms with Gasteiger partial charge in [0.1, 0.15) is 18.2 Å². The molecule has 1 N–H and O–H groups in total. The van der Waals surface area contributed by atoms with E-state index >= 15 is 0 Å². The van der Waals surface area contributed by atoms with Crippen molar-refractivity contribution in [2.24, 2.45) is 4.99 Å². The van der Waals surface area contributed by atoms with E-state index in [1.54, 1.807) is 18.2 Å². The van der Waals surface area contributed by atoms with Gasteiger partial charge >= 0.3 is 0 Å². The average molecular weight is 315 g/mol. The lowest BCUT2D eigenvalue weighted by Gasteiger charge is -2.07. The van der Waals surface area contributed by atoms with Crippen molar-refractivity contribution in [1.82, 2.24) is 5.32 Å². The van der Waals surface area contributed by atoms with Crippen molar-refractivity contribution in [3.05, 3.63) is 59.9 Å². The number of rotatable bonds is 4. The number of aliphatic imine (C=N–C) groups is 1. The van der Waals surface area contributed by atoms with Gasteiger partial charge in [0.2, 0.25) is 0 Å². The molecule has 0 unspecified atom stereocenters. The Labute approximate surface area is 132 Å². The SMILES string of the molecule is CSC(=Nc1cccc(OCc2ccc(F)cc2)c1)NC#N. The molecule has 22 heavy (non-hydrogen) atoms. The molecule has 0 bridgehead atoms. The van der Waals surface area contributed by atoms with E-state index in [2.05, 4.69) is 10.3 Å². The number of ether oxygens (including phenoxy) is 1. The Bertz CT molecular complexity index is 695. The molecule has 4 nitrogen and oxygen atoms in total. The lowest BCUT2D eigenvalue weighted by atomic mass is 10.2. The van der Waals surface area contributed by atoms with Gasteiger partial charge in [-0.1, -0.05) is 30.0 Å². The predicted molar refractivity (Wildman–Crippen MR) is 86.5 cm³/mol. The van der Waals surface area contributed by atoms with Crippen LogP contribution in [0.3, 0.4) is 0 Å². The maximum Gasteiger partial charge on any atom is 0.183 e. The monoisotopic (exact) mass is 315 g/mol. The minimum absolute atomic E-state index is 0.269. The normalized spacial score (nSPS) is 10.9. The smallest absolute Gasteiger partial charge is 0.183 e. The topological polar surface area (TPSA) is 57.4 Å². The molecule has 0 spiro atoms. The first-order chi connectivity index (χ1) is 10.7. The van der Waals surface area contributed by atoms with Crippen molar-refractivity contribution in [3.8, 4) is 11.9 Å². The third kappa shape index (κ3) is 4.79. The molecule has 2 rings (SSSR count). The number of nitrogens with zero attached hydrogens (tertiary/aromatic N) is 2. The van der Waals surface area contributed by atoms with E-state index in [1.165, 1.54) is 23.9 Å². The van der Waals surface area contributed by atoms with E-state index in [-0.39, 0.29) is 5.82 Å². The summed E-state index contributed by atoms with van der Waals surface area (Å²) in [6, 6.07) is 13.4. The molecule has 0 saturated carbocycles. The number of halogens is 1. The average Bonchev–Trinajstić information content (AvgIpc) is 2.54. The van der Waals surface area contributed by atoms with Crippen LogP contribution in [0.2, 0.25) is 0 Å². The zero-order valence-electron chi connectivity index (χ0n) is 11.9. The van der Waals surface area contributed by atoms with Crippen LogP contribution < -0.4 is 10.1 Å². The van der Waals surface area contributed by atoms with Gasteiger partial charge in [0.25, 0.3) is 0 Å². The molecule has 0 amide bonds. The zero-order valence-corrected chi connectivity index (χ0v) is 12.7. The molecule has 6 heteroatoms. The summed E-state index contributed by atoms with van der Waals surface area (Å²) in [4.78, 5) is 4.31. The van der Waals surface area contributed by atoms with Crippen LogP contribution in [0.5, 0.6) is 5.75 Å². The lowest BCUT2D eigenvalue weighted by Crippen LogP contribution is -2.12. The summed E-state index contributed by atoms with van der Waals surface area (Å²) in [5.74, 6) is 0.387. The highest BCUT2D eigenvalue weighted by atomic mass is 32.2. The quantitative estimate of drug-likeness (QED) is 0.403. The number of benzene rings is 2. The fourth-order valence-corrected chi connectivity index (χ4v) is 2.02. The third-order valence-electron chi connectivity index (χ3n) is 2.72. The Morgan fingerprint density at radius 3 is 2.77 bits per heavy atom. The number of hydrogen-bond acceptors (Lipinski definition) is 4. The molecule has 112 valence electrons. The number of nitriles is 1. The Balaban J connectivity index is 2.05. The summed E-state index contributed by atoms with van der Waals surface area (Å²) in [5, 5.41) is 11.6. The zero-order chi connectivity index (χ0) is 15.8. The molecular weight excluding hydrogens is 301 g/mol. The van der Waals surface area contributed by atoms with E-state index in [4.69, 9.17) is 10.00 Å². The molecule has 2 aromatic carbocycles. The highest BCUT2D eigenvalue weighted by Crippen LogP contribution is 2.22. The van der Waals surface area contributed by atoms with Gasteiger partial charge in [-0.2, -0.15) is 5.26 Å². The van der Waals surface area contributed by atoms with Gasteiger partial charge in [-0.3, -0.25) is 5.32 Å². The van der Waals surface area contributed by atoms with Crippen LogP contribution >= 0.6 is 11.8 Å². The molecule has 0 aliphatic rings. The van der Waals surface area contributed by atoms with Gasteiger partial charge in [-0.15, -0.1) is 0 Å². The molecule has 0 saturated heterocycles. The van der Waals surface area contributed by atoms with E-state index in [1.807, 2.05) is 30.6 Å². The van der Waals surface area contributed by atoms with Gasteiger partial charge < -0.3 is 4.74 Å². The van der Waals surface area contributed by atoms with Crippen LogP contribution in [0.25, 0.3) is 0 Å². The van der Waals surface area contributed by atoms with E-state index in [9.17, 15) is 4.39 Å². The molecule has 0 aliphatic carbocycles. The molecule has 0 atom stereocenters. The molecule has 0 aromatic heterocycles. The summed E-state index contributed by atoms with van der Waals surface area (Å²) in [5.41, 5.74) is 1.56. The van der Waals surface area contributed by atoms with Gasteiger partial charge in [-0.25, -0.2) is 9.38 Å². The number of thioether (sulfide) groups is 1. The van der Waals surface area contributed by atoms with Crippen LogP contribution in [-0.2, 0) is 6.61 Å². The van der Waals surface area contributed by atoms with Crippen molar-refractivity contribution in [2.45, 2.75) is 6.61 Å². The van der Waals surface area contributed by atoms with Crippen LogP contribution in [0.15, 0.2) is 53.5 Å². The van der Waals surface area contributed by atoms with E-state index < -0.39 is 0 Å². The van der Waals surface area contributed by atoms with Crippen molar-refractivity contribution in [1.29, 1.82) is 5.26 Å². The maximum atomic E-state index is 12.8. The number of hydrogen-bond donors (Lipinski definition) is 1. The summed E-state index contributed by atoms with van der Waals surface area (Å²) in [6.45, 7) is 0.347. The Hall–Kier alpha value is -2.52. The third-order valence-corrected chi connectivity index (χ3v) is 3.30. The second-order valence-corrected chi connectivity index (χ2v) is 5.07. The first-order valence-corrected chi connectivity index (χ1v) is 7.69. The number of nitrogens with one attached hydrogen (secondary N) is 1. The molecule has 0 aliphatic heterocycles. The van der Waals surface area contributed by atoms with Crippen molar-refractivity contribution >= 4 is 22.6 Å². The van der Waals surface area contributed by atoms with Crippen molar-refractivity contribution in [2.75, 3.05) is 6.26 Å². The largest absolute Gasteiger partial charge is 0.489 e. The first-order valence-electron chi connectivity index (χ1n) is 6.46. The highest BCUT2D eigenvalue weighted by Gasteiger charge is 2.00. The fraction of sp³-hybridized carbons (Fsp3) is 0.125. The van der Waals surface area contributed by atoms with Crippen LogP contribution in [0.1, 0.15) is 5.56 Å². The Morgan fingerprint density at radius 1 is 1.32 bits per heavy atom. The minimum atomic E-state index is -0.269. The standard InChI is InChI=1S/C16H14FN3OS/c1-22-16(19-11-18)20-14-3-2-4-15(9-14)21-10-12-5-7-13(17)8-6-12/h2-9H,10H2,1H3,(H,19,20). The van der Waals surface area contributed by atoms with Gasteiger partial charge in [0, 0.05) is 6.07 Å². The second kappa shape index (κ2) is 8.05. The minimum Gasteiger partial charge on any atom is -0.489 e. The maximum absolute atomic E-state index is 12.8. The molecular formula is C16H14FN3OS. The fourth-order valence-electron chi connectivity index (χ4n) is 1.68. The summed E-state index contributed by atoms with van der Waals surface area (Å²) < 4.78 is 18.5. The van der Waals surface area contributed by atoms with Gasteiger partial charge in [-0.05, 0) is 36.1 Å². The van der Waals surface area contributed by atoms with E-state index in [0.29, 0.717) is 23.2 Å². The Kier molecular flexibility index (Phi) is 5.81. The van der Waals surface area contributed by atoms with Crippen LogP contribution in [0.4, 0.5) is 10.1 Å². The number of amidine groups is 1. The Morgan fingerprint density at radius 2 is 2.09 bits per heavy atom. The highest BCUT2D eigenvalue weighted by molar-refractivity contribution is 8.13. The summed E-state index contributed by atoms with van der Waals surface area (Å²) >= 11 is 1.35. The molecule has 0 fully saturated rings. The molecule has 0 heterocycles. The van der Waals surface area contributed by atoms with Gasteiger partial charge in [0.15, 0.2) is 11.4 Å². The van der Waals surface area contributed by atoms with E-state index in [0.717, 1.165) is 5.56 Å². The molecule has 2 aromatic rings. The van der Waals surface area contributed by atoms with Gasteiger partial charge in [0.05, 0.1) is 5.69 Å². The molecule has 0 radical (unpaired) electrons. The first kappa shape index (κ1) is 15.9. The second-order valence-electron chi connectivity index (χ2n) is 4.27.